The molecule has 0 saturated heterocycles. The van der Waals surface area contributed by atoms with E-state index >= 15 is 0 Å². The normalized spacial score (nSPS) is 9.84. The van der Waals surface area contributed by atoms with Crippen molar-refractivity contribution in [1.82, 2.24) is 25.3 Å². The average molecular weight is 286 g/mol. The molecule has 0 aliphatic rings. The van der Waals surface area contributed by atoms with Gasteiger partial charge in [0.2, 0.25) is 0 Å². The molecule has 1 amide bonds. The number of nitro groups is 1. The van der Waals surface area contributed by atoms with Crippen LogP contribution in [-0.4, -0.2) is 44.1 Å². The average Bonchev–Trinajstić information content (AvgIpc) is 2.71. The Morgan fingerprint density at radius 2 is 2.32 bits per heavy atom. The summed E-state index contributed by atoms with van der Waals surface area (Å²) in [7, 11) is 2.95. The lowest BCUT2D eigenvalue weighted by Gasteiger charge is -2.20. The lowest BCUT2D eigenvalue weighted by atomic mass is 10.5. The molecule has 19 heavy (non-hydrogen) atoms. The van der Waals surface area contributed by atoms with Gasteiger partial charge in [0.25, 0.3) is 5.82 Å². The first kappa shape index (κ1) is 14.8. The summed E-state index contributed by atoms with van der Waals surface area (Å²) in [5.74, 6) is -0.918. The van der Waals surface area contributed by atoms with E-state index in [9.17, 15) is 14.9 Å². The van der Waals surface area contributed by atoms with E-state index in [-0.39, 0.29) is 11.6 Å². The minimum absolute atomic E-state index is 0.0714. The number of hydrazine groups is 1. The summed E-state index contributed by atoms with van der Waals surface area (Å²) in [5.41, 5.74) is 2.46. The molecule has 0 aliphatic heterocycles. The summed E-state index contributed by atoms with van der Waals surface area (Å²) in [6.45, 7) is 2.48. The van der Waals surface area contributed by atoms with E-state index in [1.165, 1.54) is 12.1 Å². The zero-order valence-corrected chi connectivity index (χ0v) is 11.5. The molecule has 0 unspecified atom stereocenters. The third-order valence-electron chi connectivity index (χ3n) is 2.26. The second-order valence-electron chi connectivity index (χ2n) is 3.59. The number of hydrogen-bond donors (Lipinski definition) is 2. The number of nitrogens with zero attached hydrogens (tertiary/aromatic N) is 4. The molecule has 0 radical (unpaired) electrons. The number of carbonyl (C=O) groups excluding carboxylic acids is 1. The van der Waals surface area contributed by atoms with Gasteiger partial charge in [0.05, 0.1) is 7.05 Å². The topological polar surface area (TPSA) is 105 Å². The van der Waals surface area contributed by atoms with Crippen LogP contribution >= 0.6 is 12.2 Å². The first-order chi connectivity index (χ1) is 8.88. The maximum absolute atomic E-state index is 11.9. The quantitative estimate of drug-likeness (QED) is 0.450. The van der Waals surface area contributed by atoms with Crippen LogP contribution in [0.25, 0.3) is 0 Å². The summed E-state index contributed by atoms with van der Waals surface area (Å²) in [5, 5.41) is 15.1. The molecular formula is C9H14N6O3S. The fraction of sp³-hybridized carbons (Fsp3) is 0.444. The van der Waals surface area contributed by atoms with Gasteiger partial charge in [-0.2, -0.15) is 0 Å². The molecule has 0 atom stereocenters. The zero-order valence-electron chi connectivity index (χ0n) is 10.7. The Morgan fingerprint density at radius 1 is 1.68 bits per heavy atom. The van der Waals surface area contributed by atoms with Crippen LogP contribution < -0.4 is 10.7 Å². The monoisotopic (exact) mass is 286 g/mol. The molecule has 0 aromatic carbocycles. The third-order valence-corrected chi connectivity index (χ3v) is 2.67. The lowest BCUT2D eigenvalue weighted by Crippen LogP contribution is -2.48. The highest BCUT2D eigenvalue weighted by atomic mass is 32.1. The van der Waals surface area contributed by atoms with Gasteiger partial charge in [-0.3, -0.25) is 15.2 Å². The van der Waals surface area contributed by atoms with Crippen LogP contribution in [0.3, 0.4) is 0 Å². The Kier molecular flexibility index (Phi) is 4.75. The van der Waals surface area contributed by atoms with Gasteiger partial charge in [0, 0.05) is 13.6 Å². The number of amides is 1. The van der Waals surface area contributed by atoms with E-state index < -0.39 is 10.8 Å². The molecule has 9 nitrogen and oxygen atoms in total. The van der Waals surface area contributed by atoms with E-state index in [1.54, 1.807) is 7.05 Å². The largest absolute Gasteiger partial charge is 0.361 e. The summed E-state index contributed by atoms with van der Waals surface area (Å²) < 4.78 is 1.10. The van der Waals surface area contributed by atoms with Gasteiger partial charge in [-0.15, -0.1) is 0 Å². The van der Waals surface area contributed by atoms with Crippen LogP contribution in [0, 0.1) is 10.1 Å². The molecule has 2 N–H and O–H groups in total. The fourth-order valence-electron chi connectivity index (χ4n) is 1.30. The second-order valence-corrected chi connectivity index (χ2v) is 3.98. The van der Waals surface area contributed by atoms with E-state index in [0.717, 1.165) is 10.8 Å². The van der Waals surface area contributed by atoms with E-state index in [2.05, 4.69) is 15.7 Å². The van der Waals surface area contributed by atoms with Crippen LogP contribution in [0.4, 0.5) is 5.82 Å². The number of nitrogens with one attached hydrogen (secondary N) is 2. The Hall–Kier alpha value is -2.23. The van der Waals surface area contributed by atoms with Gasteiger partial charge in [-0.25, -0.2) is 9.55 Å². The van der Waals surface area contributed by atoms with Crippen LogP contribution in [0.15, 0.2) is 6.20 Å². The molecule has 0 fully saturated rings. The smallest absolute Gasteiger partial charge is 0.343 e. The number of aromatic nitrogens is 2. The predicted octanol–water partition coefficient (Wildman–Crippen LogP) is -0.201. The van der Waals surface area contributed by atoms with Crippen LogP contribution in [-0.2, 0) is 7.05 Å². The molecule has 1 aromatic heterocycles. The fourth-order valence-corrected chi connectivity index (χ4v) is 1.49. The minimum Gasteiger partial charge on any atom is -0.361 e. The highest BCUT2D eigenvalue weighted by Crippen LogP contribution is 2.11. The highest BCUT2D eigenvalue weighted by molar-refractivity contribution is 7.80. The highest BCUT2D eigenvalue weighted by Gasteiger charge is 2.23. The maximum Gasteiger partial charge on any atom is 0.343 e. The number of carbonyl (C=O) groups is 1. The zero-order chi connectivity index (χ0) is 14.6. The van der Waals surface area contributed by atoms with Gasteiger partial charge >= 0.3 is 11.7 Å². The molecule has 10 heteroatoms. The van der Waals surface area contributed by atoms with Crippen molar-refractivity contribution in [3.63, 3.8) is 0 Å². The van der Waals surface area contributed by atoms with Crippen molar-refractivity contribution in [1.29, 1.82) is 0 Å². The molecule has 1 rings (SSSR count). The van der Waals surface area contributed by atoms with Crippen molar-refractivity contribution in [3.05, 3.63) is 22.1 Å². The molecular weight excluding hydrogens is 272 g/mol. The number of rotatable bonds is 3. The lowest BCUT2D eigenvalue weighted by molar-refractivity contribution is -0.391. The third kappa shape index (κ3) is 3.37. The Balaban J connectivity index is 2.79. The summed E-state index contributed by atoms with van der Waals surface area (Å²) in [4.78, 5) is 25.6. The van der Waals surface area contributed by atoms with Crippen molar-refractivity contribution in [2.24, 2.45) is 7.05 Å². The standard InChI is InChI=1S/C9H14N6O3S/c1-4-10-9(19)14(3)12-8(16)7-11-5-6(13(7)2)15(17)18/h5H,4H2,1-3H3,(H,10,19)(H,12,16). The van der Waals surface area contributed by atoms with Crippen molar-refractivity contribution >= 4 is 29.1 Å². The molecule has 0 bridgehead atoms. The number of imidazole rings is 1. The van der Waals surface area contributed by atoms with Crippen molar-refractivity contribution in [3.8, 4) is 0 Å². The van der Waals surface area contributed by atoms with E-state index in [1.807, 2.05) is 6.92 Å². The minimum atomic E-state index is -0.614. The number of thiocarbonyl (C=S) groups is 1. The van der Waals surface area contributed by atoms with Crippen LogP contribution in [0.1, 0.15) is 17.5 Å². The second kappa shape index (κ2) is 6.09. The van der Waals surface area contributed by atoms with Crippen molar-refractivity contribution in [2.45, 2.75) is 6.92 Å². The summed E-state index contributed by atoms with van der Waals surface area (Å²) in [6.07, 6.45) is 1.03. The molecule has 1 heterocycles. The van der Waals surface area contributed by atoms with Gasteiger partial charge in [-0.1, -0.05) is 0 Å². The Bertz CT molecular complexity index is 514. The number of hydrogen-bond acceptors (Lipinski definition) is 5. The molecule has 1 aromatic rings. The van der Waals surface area contributed by atoms with Crippen LogP contribution in [0.2, 0.25) is 0 Å². The van der Waals surface area contributed by atoms with Gasteiger partial charge < -0.3 is 15.4 Å². The summed E-state index contributed by atoms with van der Waals surface area (Å²) >= 11 is 4.99. The van der Waals surface area contributed by atoms with Crippen molar-refractivity contribution < 1.29 is 9.72 Å². The first-order valence-corrected chi connectivity index (χ1v) is 5.78. The van der Waals surface area contributed by atoms with Gasteiger partial charge in [0.15, 0.2) is 5.11 Å². The first-order valence-electron chi connectivity index (χ1n) is 5.37. The summed E-state index contributed by atoms with van der Waals surface area (Å²) in [6, 6.07) is 0. The SMILES string of the molecule is CCNC(=S)N(C)NC(=O)c1ncc([N+](=O)[O-])n1C. The Labute approximate surface area is 114 Å². The van der Waals surface area contributed by atoms with Gasteiger partial charge in [0.1, 0.15) is 6.20 Å². The molecule has 104 valence electrons. The molecule has 0 saturated carbocycles. The Morgan fingerprint density at radius 3 is 2.79 bits per heavy atom. The van der Waals surface area contributed by atoms with Crippen LogP contribution in [0.5, 0.6) is 0 Å². The van der Waals surface area contributed by atoms with Crippen molar-refractivity contribution in [2.75, 3.05) is 13.6 Å². The molecule has 0 aliphatic carbocycles. The predicted molar refractivity (Wildman–Crippen MR) is 71.4 cm³/mol. The van der Waals surface area contributed by atoms with E-state index in [4.69, 9.17) is 12.2 Å². The maximum atomic E-state index is 11.9. The van der Waals surface area contributed by atoms with Gasteiger partial charge in [-0.05, 0) is 24.1 Å². The molecule has 0 spiro atoms. The van der Waals surface area contributed by atoms with E-state index in [0.29, 0.717) is 11.7 Å².